The number of ether oxygens (including phenoxy) is 1. The van der Waals surface area contributed by atoms with Crippen LogP contribution in [0.2, 0.25) is 0 Å². The van der Waals surface area contributed by atoms with Crippen LogP contribution in [0.4, 0.5) is 5.13 Å². The number of carbonyl (C=O) groups excluding carboxylic acids is 1. The minimum atomic E-state index is -0.570. The molecule has 1 aromatic heterocycles. The van der Waals surface area contributed by atoms with Crippen molar-refractivity contribution in [3.63, 3.8) is 0 Å². The second-order valence-electron chi connectivity index (χ2n) is 5.25. The van der Waals surface area contributed by atoms with E-state index in [4.69, 9.17) is 4.74 Å². The molecule has 0 fully saturated rings. The van der Waals surface area contributed by atoms with E-state index in [1.165, 1.54) is 16.9 Å². The van der Waals surface area contributed by atoms with Gasteiger partial charge >= 0.3 is 0 Å². The van der Waals surface area contributed by atoms with Gasteiger partial charge in [0.05, 0.1) is 0 Å². The van der Waals surface area contributed by atoms with Gasteiger partial charge in [-0.1, -0.05) is 26.0 Å². The number of aryl methyl sites for hydroxylation is 1. The first-order valence-electron chi connectivity index (χ1n) is 6.95. The Bertz CT molecular complexity index is 605. The molecule has 1 N–H and O–H groups in total. The van der Waals surface area contributed by atoms with Crippen LogP contribution in [0.5, 0.6) is 5.75 Å². The third-order valence-electron chi connectivity index (χ3n) is 3.08. The van der Waals surface area contributed by atoms with Crippen LogP contribution in [0.3, 0.4) is 0 Å². The van der Waals surface area contributed by atoms with E-state index in [0.717, 1.165) is 4.88 Å². The summed E-state index contributed by atoms with van der Waals surface area (Å²) < 4.78 is 5.65. The molecule has 2 aromatic rings. The molecule has 0 spiro atoms. The normalized spacial score (nSPS) is 12.2. The van der Waals surface area contributed by atoms with Crippen LogP contribution in [0, 0.1) is 6.92 Å². The van der Waals surface area contributed by atoms with E-state index in [-0.39, 0.29) is 5.91 Å². The third kappa shape index (κ3) is 4.29. The number of rotatable bonds is 5. The van der Waals surface area contributed by atoms with Gasteiger partial charge in [-0.3, -0.25) is 10.1 Å². The number of hydrogen-bond donors (Lipinski definition) is 1. The Morgan fingerprint density at radius 1 is 1.24 bits per heavy atom. The van der Waals surface area contributed by atoms with Gasteiger partial charge in [0.1, 0.15) is 5.75 Å². The standard InChI is InChI=1S/C16H20N2O2S/c1-10(2)13-5-7-14(8-6-13)20-12(4)15(19)18-16-17-9-11(3)21-16/h5-10,12H,1-4H3,(H,17,18,19)/t12-/m0/s1. The van der Waals surface area contributed by atoms with Crippen LogP contribution < -0.4 is 10.1 Å². The Balaban J connectivity index is 1.93. The second kappa shape index (κ2) is 6.72. The molecule has 0 bridgehead atoms. The molecular weight excluding hydrogens is 284 g/mol. The zero-order chi connectivity index (χ0) is 15.4. The van der Waals surface area contributed by atoms with Crippen LogP contribution in [0.1, 0.15) is 37.1 Å². The molecule has 0 aliphatic carbocycles. The van der Waals surface area contributed by atoms with Gasteiger partial charge in [0.25, 0.3) is 5.91 Å². The van der Waals surface area contributed by atoms with E-state index in [1.54, 1.807) is 13.1 Å². The predicted octanol–water partition coefficient (Wildman–Crippen LogP) is 3.98. The van der Waals surface area contributed by atoms with E-state index < -0.39 is 6.10 Å². The molecule has 5 heteroatoms. The summed E-state index contributed by atoms with van der Waals surface area (Å²) in [5, 5.41) is 3.36. The fourth-order valence-corrected chi connectivity index (χ4v) is 2.48. The molecule has 0 aliphatic rings. The smallest absolute Gasteiger partial charge is 0.266 e. The summed E-state index contributed by atoms with van der Waals surface area (Å²) in [6.07, 6.45) is 1.16. The molecular formula is C16H20N2O2S. The van der Waals surface area contributed by atoms with Gasteiger partial charge in [-0.25, -0.2) is 4.98 Å². The van der Waals surface area contributed by atoms with Crippen molar-refractivity contribution in [2.75, 3.05) is 5.32 Å². The fourth-order valence-electron chi connectivity index (χ4n) is 1.81. The first-order valence-corrected chi connectivity index (χ1v) is 7.77. The molecule has 0 saturated heterocycles. The van der Waals surface area contributed by atoms with Crippen molar-refractivity contribution in [1.82, 2.24) is 4.98 Å². The minimum Gasteiger partial charge on any atom is -0.481 e. The number of thiazole rings is 1. The highest BCUT2D eigenvalue weighted by atomic mass is 32.1. The van der Waals surface area contributed by atoms with Crippen molar-refractivity contribution in [3.8, 4) is 5.75 Å². The van der Waals surface area contributed by atoms with E-state index in [0.29, 0.717) is 16.8 Å². The number of nitrogens with one attached hydrogen (secondary N) is 1. The molecule has 21 heavy (non-hydrogen) atoms. The van der Waals surface area contributed by atoms with Crippen molar-refractivity contribution in [2.24, 2.45) is 0 Å². The first-order chi connectivity index (χ1) is 9.95. The molecule has 1 aromatic carbocycles. The Kier molecular flexibility index (Phi) is 4.96. The predicted molar refractivity (Wildman–Crippen MR) is 86.1 cm³/mol. The van der Waals surface area contributed by atoms with Crippen LogP contribution in [0.25, 0.3) is 0 Å². The number of amides is 1. The van der Waals surface area contributed by atoms with Gasteiger partial charge in [-0.05, 0) is 37.5 Å². The molecule has 0 saturated carbocycles. The largest absolute Gasteiger partial charge is 0.481 e. The average molecular weight is 304 g/mol. The molecule has 0 aliphatic heterocycles. The van der Waals surface area contributed by atoms with Gasteiger partial charge < -0.3 is 4.74 Å². The molecule has 4 nitrogen and oxygen atoms in total. The maximum Gasteiger partial charge on any atom is 0.266 e. The Morgan fingerprint density at radius 2 is 1.90 bits per heavy atom. The molecule has 1 heterocycles. The number of benzene rings is 1. The monoisotopic (exact) mass is 304 g/mol. The highest BCUT2D eigenvalue weighted by molar-refractivity contribution is 7.15. The maximum atomic E-state index is 12.0. The molecule has 0 radical (unpaired) electrons. The van der Waals surface area contributed by atoms with Crippen LogP contribution >= 0.6 is 11.3 Å². The lowest BCUT2D eigenvalue weighted by molar-refractivity contribution is -0.122. The minimum absolute atomic E-state index is 0.197. The van der Waals surface area contributed by atoms with Gasteiger partial charge in [0.2, 0.25) is 0 Å². The van der Waals surface area contributed by atoms with Crippen LogP contribution in [-0.2, 0) is 4.79 Å². The number of hydrogen-bond acceptors (Lipinski definition) is 4. The summed E-state index contributed by atoms with van der Waals surface area (Å²) in [5.41, 5.74) is 1.25. The summed E-state index contributed by atoms with van der Waals surface area (Å²) in [6, 6.07) is 7.84. The quantitative estimate of drug-likeness (QED) is 0.909. The van der Waals surface area contributed by atoms with Crippen molar-refractivity contribution in [1.29, 1.82) is 0 Å². The highest BCUT2D eigenvalue weighted by Crippen LogP contribution is 2.20. The molecule has 1 amide bonds. The number of aromatic nitrogens is 1. The fraction of sp³-hybridized carbons (Fsp3) is 0.375. The third-order valence-corrected chi connectivity index (χ3v) is 3.91. The molecule has 112 valence electrons. The lowest BCUT2D eigenvalue weighted by atomic mass is 10.0. The summed E-state index contributed by atoms with van der Waals surface area (Å²) in [7, 11) is 0. The van der Waals surface area contributed by atoms with Crippen molar-refractivity contribution < 1.29 is 9.53 Å². The first kappa shape index (κ1) is 15.5. The summed E-state index contributed by atoms with van der Waals surface area (Å²) in [6.45, 7) is 7.96. The Labute approximate surface area is 129 Å². The maximum absolute atomic E-state index is 12.0. The lowest BCUT2D eigenvalue weighted by Crippen LogP contribution is -2.30. The summed E-state index contributed by atoms with van der Waals surface area (Å²) >= 11 is 1.45. The van der Waals surface area contributed by atoms with E-state index in [2.05, 4.69) is 24.1 Å². The number of anilines is 1. The van der Waals surface area contributed by atoms with Crippen molar-refractivity contribution >= 4 is 22.4 Å². The second-order valence-corrected chi connectivity index (χ2v) is 6.48. The Hall–Kier alpha value is -1.88. The lowest BCUT2D eigenvalue weighted by Gasteiger charge is -2.14. The zero-order valence-electron chi connectivity index (χ0n) is 12.7. The SMILES string of the molecule is Cc1cnc(NC(=O)[C@H](C)Oc2ccc(C(C)C)cc2)s1. The van der Waals surface area contributed by atoms with Gasteiger partial charge in [-0.15, -0.1) is 11.3 Å². The highest BCUT2D eigenvalue weighted by Gasteiger charge is 2.16. The Morgan fingerprint density at radius 3 is 2.43 bits per heavy atom. The van der Waals surface area contributed by atoms with Crippen LogP contribution in [-0.4, -0.2) is 17.0 Å². The molecule has 1 atom stereocenters. The van der Waals surface area contributed by atoms with E-state index in [1.807, 2.05) is 31.2 Å². The zero-order valence-corrected chi connectivity index (χ0v) is 13.5. The number of carbonyl (C=O) groups is 1. The molecule has 0 unspecified atom stereocenters. The van der Waals surface area contributed by atoms with Crippen molar-refractivity contribution in [3.05, 3.63) is 40.9 Å². The van der Waals surface area contributed by atoms with Crippen LogP contribution in [0.15, 0.2) is 30.5 Å². The number of nitrogens with zero attached hydrogens (tertiary/aromatic N) is 1. The van der Waals surface area contributed by atoms with Gasteiger partial charge in [0, 0.05) is 11.1 Å². The summed E-state index contributed by atoms with van der Waals surface area (Å²) in [4.78, 5) is 17.2. The topological polar surface area (TPSA) is 51.2 Å². The van der Waals surface area contributed by atoms with Gasteiger partial charge in [-0.2, -0.15) is 0 Å². The molecule has 2 rings (SSSR count). The van der Waals surface area contributed by atoms with Gasteiger partial charge in [0.15, 0.2) is 11.2 Å². The average Bonchev–Trinajstić information content (AvgIpc) is 2.84. The summed E-state index contributed by atoms with van der Waals surface area (Å²) in [5.74, 6) is 0.975. The van der Waals surface area contributed by atoms with E-state index in [9.17, 15) is 4.79 Å². The van der Waals surface area contributed by atoms with E-state index >= 15 is 0 Å². The van der Waals surface area contributed by atoms with Crippen molar-refractivity contribution in [2.45, 2.75) is 39.7 Å².